The second-order valence-electron chi connectivity index (χ2n) is 4.95. The number of aromatic amines is 1. The average molecular weight is 312 g/mol. The van der Waals surface area contributed by atoms with Crippen LogP contribution in [0.25, 0.3) is 11.2 Å². The Morgan fingerprint density at radius 1 is 1.26 bits per heavy atom. The third kappa shape index (κ3) is 2.39. The minimum atomic E-state index is -0.690. The predicted molar refractivity (Wildman–Crippen MR) is 81.8 cm³/mol. The zero-order chi connectivity index (χ0) is 16.6. The minimum absolute atomic E-state index is 0.0125. The van der Waals surface area contributed by atoms with E-state index in [-0.39, 0.29) is 29.3 Å². The van der Waals surface area contributed by atoms with Crippen molar-refractivity contribution in [3.8, 4) is 0 Å². The fourth-order valence-electron chi connectivity index (χ4n) is 2.36. The Morgan fingerprint density at radius 3 is 2.61 bits per heavy atom. The molecule has 0 radical (unpaired) electrons. The number of rotatable bonds is 4. The molecule has 3 aromatic rings. The van der Waals surface area contributed by atoms with Gasteiger partial charge in [0.15, 0.2) is 29.1 Å². The molecule has 3 rings (SSSR count). The largest absolute Gasteiger partial charge is 0.329 e. The third-order valence-electron chi connectivity index (χ3n) is 3.54. The number of aromatic nitrogens is 4. The topological polar surface area (TPSA) is 107 Å². The van der Waals surface area contributed by atoms with Crippen LogP contribution in [0.4, 0.5) is 0 Å². The molecule has 0 aliphatic heterocycles. The Kier molecular flexibility index (Phi) is 3.49. The van der Waals surface area contributed by atoms with E-state index in [0.29, 0.717) is 11.8 Å². The van der Waals surface area contributed by atoms with Gasteiger partial charge >= 0.3 is 5.69 Å². The van der Waals surface area contributed by atoms with Gasteiger partial charge in [0.05, 0.1) is 6.54 Å². The number of benzene rings is 1. The van der Waals surface area contributed by atoms with E-state index >= 15 is 0 Å². The van der Waals surface area contributed by atoms with Crippen molar-refractivity contribution in [3.05, 3.63) is 62.6 Å². The minimum Gasteiger partial charge on any atom is -0.308 e. The number of carbonyl (C=O) groups is 2. The van der Waals surface area contributed by atoms with Crippen molar-refractivity contribution in [2.45, 2.75) is 6.54 Å². The number of H-pyrrole nitrogens is 1. The summed E-state index contributed by atoms with van der Waals surface area (Å²) in [4.78, 5) is 53.4. The molecular weight excluding hydrogens is 300 g/mol. The first-order valence-corrected chi connectivity index (χ1v) is 6.76. The van der Waals surface area contributed by atoms with Crippen LogP contribution in [0.1, 0.15) is 21.0 Å². The van der Waals surface area contributed by atoms with E-state index in [2.05, 4.69) is 9.97 Å². The first kappa shape index (κ1) is 14.6. The number of imidazole rings is 1. The summed E-state index contributed by atoms with van der Waals surface area (Å²) in [7, 11) is 1.42. The van der Waals surface area contributed by atoms with E-state index in [1.807, 2.05) is 0 Å². The highest BCUT2D eigenvalue weighted by atomic mass is 16.2. The lowest BCUT2D eigenvalue weighted by Crippen LogP contribution is -2.29. The molecule has 0 spiro atoms. The number of ketones is 1. The van der Waals surface area contributed by atoms with Crippen molar-refractivity contribution in [2.75, 3.05) is 0 Å². The van der Waals surface area contributed by atoms with Crippen molar-refractivity contribution < 1.29 is 9.59 Å². The first-order chi connectivity index (χ1) is 11.0. The molecule has 1 N–H and O–H groups in total. The van der Waals surface area contributed by atoms with Crippen molar-refractivity contribution >= 4 is 23.2 Å². The maximum absolute atomic E-state index is 12.3. The Bertz CT molecular complexity index is 1030. The molecule has 8 heteroatoms. The van der Waals surface area contributed by atoms with E-state index in [4.69, 9.17) is 0 Å². The number of nitrogens with one attached hydrogen (secondary N) is 1. The van der Waals surface area contributed by atoms with E-state index in [0.717, 1.165) is 4.57 Å². The zero-order valence-corrected chi connectivity index (χ0v) is 12.1. The predicted octanol–water partition coefficient (Wildman–Crippen LogP) is 0.119. The lowest BCUT2D eigenvalue weighted by atomic mass is 10.1. The second kappa shape index (κ2) is 5.48. The Balaban J connectivity index is 2.19. The van der Waals surface area contributed by atoms with Gasteiger partial charge < -0.3 is 4.57 Å². The van der Waals surface area contributed by atoms with Gasteiger partial charge in [-0.3, -0.25) is 23.9 Å². The van der Waals surface area contributed by atoms with Crippen LogP contribution in [0, 0.1) is 0 Å². The van der Waals surface area contributed by atoms with Crippen molar-refractivity contribution in [1.29, 1.82) is 0 Å². The molecule has 0 amide bonds. The molecule has 0 bridgehead atoms. The van der Waals surface area contributed by atoms with Crippen LogP contribution in [-0.4, -0.2) is 31.2 Å². The molecule has 0 unspecified atom stereocenters. The molecule has 8 nitrogen and oxygen atoms in total. The fraction of sp³-hybridized carbons (Fsp3) is 0.133. The molecular formula is C15H12N4O4. The number of carbonyl (C=O) groups excluding carboxylic acids is 2. The summed E-state index contributed by atoms with van der Waals surface area (Å²) in [5, 5.41) is 0. The molecule has 0 fully saturated rings. The van der Waals surface area contributed by atoms with Gasteiger partial charge in [-0.15, -0.1) is 0 Å². The van der Waals surface area contributed by atoms with E-state index in [1.54, 1.807) is 30.3 Å². The Morgan fingerprint density at radius 2 is 1.96 bits per heavy atom. The highest BCUT2D eigenvalue weighted by Crippen LogP contribution is 2.11. The summed E-state index contributed by atoms with van der Waals surface area (Å²) in [6, 6.07) is 8.50. The highest BCUT2D eigenvalue weighted by molar-refractivity contribution is 5.97. The van der Waals surface area contributed by atoms with Crippen LogP contribution in [0.3, 0.4) is 0 Å². The van der Waals surface area contributed by atoms with Gasteiger partial charge in [-0.25, -0.2) is 9.78 Å². The number of aldehydes is 1. The molecule has 0 saturated heterocycles. The molecule has 0 atom stereocenters. The van der Waals surface area contributed by atoms with Gasteiger partial charge in [0, 0.05) is 12.6 Å². The SMILES string of the molecule is Cn1c(=O)[nH]c(=O)c2c1nc(C=O)n2CC(=O)c1ccccc1. The van der Waals surface area contributed by atoms with Crippen molar-refractivity contribution in [3.63, 3.8) is 0 Å². The van der Waals surface area contributed by atoms with Crippen LogP contribution in [0.2, 0.25) is 0 Å². The summed E-state index contributed by atoms with van der Waals surface area (Å²) >= 11 is 0. The van der Waals surface area contributed by atoms with Crippen LogP contribution in [0.15, 0.2) is 39.9 Å². The maximum Gasteiger partial charge on any atom is 0.329 e. The number of aryl methyl sites for hydroxylation is 1. The lowest BCUT2D eigenvalue weighted by molar-refractivity contribution is 0.0971. The van der Waals surface area contributed by atoms with E-state index in [1.165, 1.54) is 11.6 Å². The lowest BCUT2D eigenvalue weighted by Gasteiger charge is -2.05. The quantitative estimate of drug-likeness (QED) is 0.544. The molecule has 0 aliphatic rings. The van der Waals surface area contributed by atoms with Gasteiger partial charge in [0.1, 0.15) is 0 Å². The average Bonchev–Trinajstić information content (AvgIpc) is 2.92. The van der Waals surface area contributed by atoms with Crippen LogP contribution in [-0.2, 0) is 13.6 Å². The van der Waals surface area contributed by atoms with E-state index < -0.39 is 11.2 Å². The summed E-state index contributed by atoms with van der Waals surface area (Å²) in [5.74, 6) is -0.364. The molecule has 0 saturated carbocycles. The molecule has 0 aliphatic carbocycles. The highest BCUT2D eigenvalue weighted by Gasteiger charge is 2.19. The Labute approximate surface area is 129 Å². The number of hydrogen-bond acceptors (Lipinski definition) is 5. The number of hydrogen-bond donors (Lipinski definition) is 1. The summed E-state index contributed by atoms with van der Waals surface area (Å²) < 4.78 is 2.34. The third-order valence-corrected chi connectivity index (χ3v) is 3.54. The van der Waals surface area contributed by atoms with Crippen molar-refractivity contribution in [2.24, 2.45) is 7.05 Å². The van der Waals surface area contributed by atoms with Gasteiger partial charge in [0.2, 0.25) is 0 Å². The Hall–Kier alpha value is -3.29. The zero-order valence-electron chi connectivity index (χ0n) is 12.1. The summed E-state index contributed by atoms with van der Waals surface area (Å²) in [5.41, 5.74) is -0.809. The van der Waals surface area contributed by atoms with Gasteiger partial charge in [-0.05, 0) is 0 Å². The number of nitrogens with zero attached hydrogens (tertiary/aromatic N) is 3. The number of fused-ring (bicyclic) bond motifs is 1. The molecule has 116 valence electrons. The van der Waals surface area contributed by atoms with Crippen LogP contribution >= 0.6 is 0 Å². The molecule has 2 heterocycles. The smallest absolute Gasteiger partial charge is 0.308 e. The van der Waals surface area contributed by atoms with Crippen LogP contribution in [0.5, 0.6) is 0 Å². The summed E-state index contributed by atoms with van der Waals surface area (Å²) in [6.45, 7) is -0.226. The first-order valence-electron chi connectivity index (χ1n) is 6.76. The fourth-order valence-corrected chi connectivity index (χ4v) is 2.36. The number of Topliss-reactive ketones (excluding diaryl/α,β-unsaturated/α-hetero) is 1. The van der Waals surface area contributed by atoms with E-state index in [9.17, 15) is 19.2 Å². The molecule has 1 aromatic carbocycles. The standard InChI is InChI=1S/C15H12N4O4/c1-18-13-12(14(22)17-15(18)23)19(11(8-20)16-13)7-10(21)9-5-3-2-4-6-9/h2-6,8H,7H2,1H3,(H,17,22,23). The normalized spacial score (nSPS) is 10.8. The summed E-state index contributed by atoms with van der Waals surface area (Å²) in [6.07, 6.45) is 0.447. The maximum atomic E-state index is 12.3. The molecule has 2 aromatic heterocycles. The monoisotopic (exact) mass is 312 g/mol. The van der Waals surface area contributed by atoms with Gasteiger partial charge in [-0.1, -0.05) is 30.3 Å². The van der Waals surface area contributed by atoms with Gasteiger partial charge in [0.25, 0.3) is 5.56 Å². The van der Waals surface area contributed by atoms with Crippen LogP contribution < -0.4 is 11.2 Å². The van der Waals surface area contributed by atoms with Gasteiger partial charge in [-0.2, -0.15) is 0 Å². The van der Waals surface area contributed by atoms with Crippen molar-refractivity contribution in [1.82, 2.24) is 19.1 Å². The second-order valence-corrected chi connectivity index (χ2v) is 4.95. The molecule has 23 heavy (non-hydrogen) atoms.